The molecule has 2 heterocycles. The molecular formula is C21H23NO6. The third kappa shape index (κ3) is 4.09. The van der Waals surface area contributed by atoms with Crippen LogP contribution >= 0.6 is 0 Å². The van der Waals surface area contributed by atoms with Crippen molar-refractivity contribution in [2.45, 2.75) is 26.8 Å². The largest absolute Gasteiger partial charge is 0.508 e. The third-order valence-electron chi connectivity index (χ3n) is 4.73. The minimum Gasteiger partial charge on any atom is -0.508 e. The molecule has 2 aromatic heterocycles. The standard InChI is InChI=1S/C21H23NO6/c1-13-8-18(14(2)22(13)6-7-26-3)19(24)12-28-21(25)9-15-11-27-20-10-16(23)4-5-17(15)20/h4-5,8,10-11,23H,6-7,9,12H2,1-3H3. The molecule has 0 aliphatic carbocycles. The summed E-state index contributed by atoms with van der Waals surface area (Å²) in [4.78, 5) is 24.7. The first kappa shape index (κ1) is 19.7. The van der Waals surface area contributed by atoms with Crippen LogP contribution in [0, 0.1) is 13.8 Å². The van der Waals surface area contributed by atoms with Crippen LogP contribution in [0.4, 0.5) is 0 Å². The van der Waals surface area contributed by atoms with E-state index in [0.29, 0.717) is 29.9 Å². The summed E-state index contributed by atoms with van der Waals surface area (Å²) in [5, 5.41) is 10.2. The van der Waals surface area contributed by atoms with Gasteiger partial charge in [0, 0.05) is 47.6 Å². The molecule has 0 fully saturated rings. The highest BCUT2D eigenvalue weighted by molar-refractivity contribution is 5.99. The Kier molecular flexibility index (Phi) is 5.84. The van der Waals surface area contributed by atoms with E-state index in [2.05, 4.69) is 0 Å². The highest BCUT2D eigenvalue weighted by atomic mass is 16.5. The summed E-state index contributed by atoms with van der Waals surface area (Å²) < 4.78 is 17.6. The van der Waals surface area contributed by atoms with Gasteiger partial charge in [0.2, 0.25) is 5.78 Å². The second-order valence-corrected chi connectivity index (χ2v) is 6.63. The van der Waals surface area contributed by atoms with Gasteiger partial charge in [-0.1, -0.05) is 0 Å². The molecule has 3 aromatic rings. The zero-order valence-electron chi connectivity index (χ0n) is 16.2. The molecule has 0 bridgehead atoms. The van der Waals surface area contributed by atoms with Crippen molar-refractivity contribution in [1.29, 1.82) is 0 Å². The second kappa shape index (κ2) is 8.31. The van der Waals surface area contributed by atoms with E-state index in [1.807, 2.05) is 18.4 Å². The molecule has 0 spiro atoms. The monoisotopic (exact) mass is 385 g/mol. The maximum Gasteiger partial charge on any atom is 0.310 e. The minimum absolute atomic E-state index is 0.0160. The molecule has 0 radical (unpaired) electrons. The van der Waals surface area contributed by atoms with Crippen LogP contribution < -0.4 is 0 Å². The zero-order chi connectivity index (χ0) is 20.3. The molecule has 0 unspecified atom stereocenters. The number of aryl methyl sites for hydroxylation is 1. The summed E-state index contributed by atoms with van der Waals surface area (Å²) in [5.41, 5.74) is 3.46. The van der Waals surface area contributed by atoms with Crippen LogP contribution in [-0.4, -0.2) is 41.7 Å². The summed E-state index contributed by atoms with van der Waals surface area (Å²) in [6, 6.07) is 6.48. The SMILES string of the molecule is COCCn1c(C)cc(C(=O)COC(=O)Cc2coc3cc(O)ccc23)c1C. The van der Waals surface area contributed by atoms with Gasteiger partial charge in [0.1, 0.15) is 11.3 Å². The number of benzene rings is 1. The predicted molar refractivity (Wildman–Crippen MR) is 103 cm³/mol. The molecule has 1 N–H and O–H groups in total. The summed E-state index contributed by atoms with van der Waals surface area (Å²) in [7, 11) is 1.63. The van der Waals surface area contributed by atoms with E-state index in [1.165, 1.54) is 18.4 Å². The number of carbonyl (C=O) groups excluding carboxylic acids is 2. The Hall–Kier alpha value is -3.06. The lowest BCUT2D eigenvalue weighted by molar-refractivity contribution is -0.141. The number of furan rings is 1. The van der Waals surface area contributed by atoms with Crippen molar-refractivity contribution < 1.29 is 28.6 Å². The Bertz CT molecular complexity index is 1010. The molecule has 0 amide bonds. The van der Waals surface area contributed by atoms with Crippen LogP contribution in [0.1, 0.15) is 27.3 Å². The molecule has 0 aliphatic rings. The molecule has 0 saturated heterocycles. The lowest BCUT2D eigenvalue weighted by atomic mass is 10.1. The van der Waals surface area contributed by atoms with Gasteiger partial charge in [0.15, 0.2) is 6.61 Å². The molecule has 0 aliphatic heterocycles. The van der Waals surface area contributed by atoms with Crippen LogP contribution in [-0.2, 0) is 27.2 Å². The topological polar surface area (TPSA) is 90.9 Å². The van der Waals surface area contributed by atoms with Crippen LogP contribution in [0.3, 0.4) is 0 Å². The smallest absolute Gasteiger partial charge is 0.310 e. The van der Waals surface area contributed by atoms with Gasteiger partial charge in [-0.05, 0) is 32.0 Å². The number of ketones is 1. The number of phenols is 1. The van der Waals surface area contributed by atoms with Crippen molar-refractivity contribution in [3.05, 3.63) is 53.0 Å². The summed E-state index contributed by atoms with van der Waals surface area (Å²) in [6.07, 6.45) is 1.44. The summed E-state index contributed by atoms with van der Waals surface area (Å²) in [6.45, 7) is 4.68. The molecule has 7 heteroatoms. The molecular weight excluding hydrogens is 362 g/mol. The summed E-state index contributed by atoms with van der Waals surface area (Å²) >= 11 is 0. The normalized spacial score (nSPS) is 11.1. The number of fused-ring (bicyclic) bond motifs is 1. The fourth-order valence-corrected chi connectivity index (χ4v) is 3.25. The quantitative estimate of drug-likeness (QED) is 0.473. The number of rotatable bonds is 8. The molecule has 28 heavy (non-hydrogen) atoms. The zero-order valence-corrected chi connectivity index (χ0v) is 16.2. The highest BCUT2D eigenvalue weighted by Crippen LogP contribution is 2.25. The molecule has 148 valence electrons. The number of ether oxygens (including phenoxy) is 2. The van der Waals surface area contributed by atoms with E-state index < -0.39 is 5.97 Å². The maximum absolute atomic E-state index is 12.5. The number of methoxy groups -OCH3 is 1. The lowest BCUT2D eigenvalue weighted by Crippen LogP contribution is -2.16. The fourth-order valence-electron chi connectivity index (χ4n) is 3.25. The number of esters is 1. The van der Waals surface area contributed by atoms with Gasteiger partial charge >= 0.3 is 5.97 Å². The Morgan fingerprint density at radius 2 is 2.00 bits per heavy atom. The van der Waals surface area contributed by atoms with Crippen LogP contribution in [0.2, 0.25) is 0 Å². The molecule has 0 saturated carbocycles. The fraction of sp³-hybridized carbons (Fsp3) is 0.333. The summed E-state index contributed by atoms with van der Waals surface area (Å²) in [5.74, 6) is -0.672. The molecule has 0 atom stereocenters. The molecule has 1 aromatic carbocycles. The van der Waals surface area contributed by atoms with Crippen LogP contribution in [0.5, 0.6) is 5.75 Å². The number of hydrogen-bond donors (Lipinski definition) is 1. The Balaban J connectivity index is 1.62. The van der Waals surface area contributed by atoms with Gasteiger partial charge in [0.25, 0.3) is 0 Å². The number of hydrogen-bond acceptors (Lipinski definition) is 6. The number of Topliss-reactive ketones (excluding diaryl/α,β-unsaturated/α-hetero) is 1. The average molecular weight is 385 g/mol. The first-order valence-electron chi connectivity index (χ1n) is 8.94. The van der Waals surface area contributed by atoms with E-state index in [9.17, 15) is 14.7 Å². The lowest BCUT2D eigenvalue weighted by Gasteiger charge is -2.09. The van der Waals surface area contributed by atoms with Crippen LogP contribution in [0.25, 0.3) is 11.0 Å². The second-order valence-electron chi connectivity index (χ2n) is 6.63. The van der Waals surface area contributed by atoms with Crippen molar-refractivity contribution in [2.24, 2.45) is 0 Å². The number of nitrogens with zero attached hydrogens (tertiary/aromatic N) is 1. The highest BCUT2D eigenvalue weighted by Gasteiger charge is 2.18. The van der Waals surface area contributed by atoms with Gasteiger partial charge in [-0.15, -0.1) is 0 Å². The van der Waals surface area contributed by atoms with Gasteiger partial charge < -0.3 is 23.6 Å². The number of aromatic nitrogens is 1. The van der Waals surface area contributed by atoms with Crippen molar-refractivity contribution in [3.8, 4) is 5.75 Å². The first-order chi connectivity index (χ1) is 13.4. The molecule has 7 nitrogen and oxygen atoms in total. The predicted octanol–water partition coefficient (Wildman–Crippen LogP) is 3.17. The third-order valence-corrected chi connectivity index (χ3v) is 4.73. The van der Waals surface area contributed by atoms with Crippen molar-refractivity contribution in [1.82, 2.24) is 4.57 Å². The maximum atomic E-state index is 12.5. The van der Waals surface area contributed by atoms with Crippen molar-refractivity contribution in [3.63, 3.8) is 0 Å². The van der Waals surface area contributed by atoms with Gasteiger partial charge in [0.05, 0.1) is 19.3 Å². The van der Waals surface area contributed by atoms with E-state index in [-0.39, 0.29) is 24.6 Å². The van der Waals surface area contributed by atoms with E-state index in [1.54, 1.807) is 19.2 Å². The molecule has 3 rings (SSSR count). The van der Waals surface area contributed by atoms with E-state index >= 15 is 0 Å². The van der Waals surface area contributed by atoms with Gasteiger partial charge in [-0.3, -0.25) is 9.59 Å². The van der Waals surface area contributed by atoms with Crippen molar-refractivity contribution in [2.75, 3.05) is 20.3 Å². The Morgan fingerprint density at radius 3 is 2.75 bits per heavy atom. The van der Waals surface area contributed by atoms with Crippen molar-refractivity contribution >= 4 is 22.7 Å². The first-order valence-corrected chi connectivity index (χ1v) is 8.94. The number of carbonyl (C=O) groups is 2. The van der Waals surface area contributed by atoms with Gasteiger partial charge in [-0.2, -0.15) is 0 Å². The number of aromatic hydroxyl groups is 1. The minimum atomic E-state index is -0.516. The average Bonchev–Trinajstić information content (AvgIpc) is 3.18. The van der Waals surface area contributed by atoms with E-state index in [4.69, 9.17) is 13.9 Å². The Morgan fingerprint density at radius 1 is 1.21 bits per heavy atom. The van der Waals surface area contributed by atoms with Gasteiger partial charge in [-0.25, -0.2) is 0 Å². The van der Waals surface area contributed by atoms with Crippen LogP contribution in [0.15, 0.2) is 34.9 Å². The number of phenolic OH excluding ortho intramolecular Hbond substituents is 1. The van der Waals surface area contributed by atoms with E-state index in [0.717, 1.165) is 16.8 Å². The Labute approximate surface area is 162 Å².